The first-order valence-corrected chi connectivity index (χ1v) is 9.04. The van der Waals surface area contributed by atoms with Crippen LogP contribution in [-0.2, 0) is 7.05 Å². The van der Waals surface area contributed by atoms with Crippen LogP contribution in [0.15, 0.2) is 53.5 Å². The topological polar surface area (TPSA) is 43.3 Å². The Morgan fingerprint density at radius 3 is 2.41 bits per heavy atom. The van der Waals surface area contributed by atoms with Crippen LogP contribution in [0.2, 0.25) is 0 Å². The second-order valence-corrected chi connectivity index (χ2v) is 6.30. The van der Waals surface area contributed by atoms with Gasteiger partial charge in [-0.1, -0.05) is 11.9 Å². The van der Waals surface area contributed by atoms with Crippen LogP contribution >= 0.6 is 11.9 Å². The van der Waals surface area contributed by atoms with Gasteiger partial charge in [0, 0.05) is 42.4 Å². The summed E-state index contributed by atoms with van der Waals surface area (Å²) in [6.07, 6.45) is 3.29. The van der Waals surface area contributed by atoms with Crippen molar-refractivity contribution in [2.45, 2.75) is 0 Å². The van der Waals surface area contributed by atoms with Gasteiger partial charge in [0.25, 0.3) is 5.56 Å². The quantitative estimate of drug-likeness (QED) is 0.624. The fourth-order valence-electron chi connectivity index (χ4n) is 2.52. The molecule has 3 rings (SSSR count). The number of nitrogens with one attached hydrogen (secondary N) is 1. The van der Waals surface area contributed by atoms with Gasteiger partial charge in [-0.05, 0) is 36.4 Å². The summed E-state index contributed by atoms with van der Waals surface area (Å²) in [5.74, 6) is -2.45. The lowest BCUT2D eigenvalue weighted by Crippen LogP contribution is -2.19. The summed E-state index contributed by atoms with van der Waals surface area (Å²) in [5.41, 5.74) is 0.757. The second-order valence-electron chi connectivity index (χ2n) is 5.69. The molecule has 8 heteroatoms. The molecule has 0 atom stereocenters. The van der Waals surface area contributed by atoms with Crippen LogP contribution in [0, 0.1) is 17.5 Å². The largest absolute Gasteiger partial charge is 0.454 e. The lowest BCUT2D eigenvalue weighted by atomic mass is 10.1. The Bertz CT molecular complexity index is 1030. The van der Waals surface area contributed by atoms with Gasteiger partial charge in [0.1, 0.15) is 11.6 Å². The number of aromatic nitrogens is 1. The zero-order valence-electron chi connectivity index (χ0n) is 14.4. The summed E-state index contributed by atoms with van der Waals surface area (Å²) >= 11 is 1.36. The van der Waals surface area contributed by atoms with E-state index in [2.05, 4.69) is 4.72 Å². The van der Waals surface area contributed by atoms with Gasteiger partial charge in [0.05, 0.1) is 0 Å². The molecule has 140 valence electrons. The number of hydrogen-bond acceptors (Lipinski definition) is 4. The molecule has 0 aliphatic carbocycles. The van der Waals surface area contributed by atoms with Crippen molar-refractivity contribution in [1.29, 1.82) is 0 Å². The van der Waals surface area contributed by atoms with Crippen molar-refractivity contribution in [3.63, 3.8) is 0 Å². The number of pyridine rings is 1. The molecule has 3 aromatic rings. The second kappa shape index (κ2) is 7.79. The summed E-state index contributed by atoms with van der Waals surface area (Å²) in [5, 5.41) is 0. The van der Waals surface area contributed by atoms with E-state index in [1.807, 2.05) is 6.26 Å². The molecule has 27 heavy (non-hydrogen) atoms. The van der Waals surface area contributed by atoms with E-state index in [1.165, 1.54) is 31.3 Å². The summed E-state index contributed by atoms with van der Waals surface area (Å²) in [6.45, 7) is 0. The number of hydrogen-bond donors (Lipinski definition) is 1. The minimum absolute atomic E-state index is 0.173. The Morgan fingerprint density at radius 2 is 1.74 bits per heavy atom. The zero-order valence-corrected chi connectivity index (χ0v) is 15.2. The molecule has 1 aromatic heterocycles. The van der Waals surface area contributed by atoms with Gasteiger partial charge in [0.2, 0.25) is 0 Å². The highest BCUT2D eigenvalue weighted by Crippen LogP contribution is 2.36. The molecule has 0 unspecified atom stereocenters. The average molecular weight is 392 g/mol. The molecule has 1 heterocycles. The first-order valence-electron chi connectivity index (χ1n) is 7.81. The first kappa shape index (κ1) is 18.9. The number of anilines is 1. The highest BCUT2D eigenvalue weighted by atomic mass is 32.2. The van der Waals surface area contributed by atoms with Crippen molar-refractivity contribution in [3.8, 4) is 22.6 Å². The van der Waals surface area contributed by atoms with Crippen LogP contribution < -0.4 is 15.0 Å². The van der Waals surface area contributed by atoms with Crippen molar-refractivity contribution in [2.75, 3.05) is 11.0 Å². The van der Waals surface area contributed by atoms with Crippen LogP contribution in [0.4, 0.5) is 18.9 Å². The molecule has 0 spiro atoms. The minimum atomic E-state index is -0.919. The van der Waals surface area contributed by atoms with E-state index in [0.29, 0.717) is 22.9 Å². The maximum absolute atomic E-state index is 14.0. The Labute approximate surface area is 157 Å². The van der Waals surface area contributed by atoms with Gasteiger partial charge in [-0.15, -0.1) is 0 Å². The van der Waals surface area contributed by atoms with E-state index in [1.54, 1.807) is 18.2 Å². The highest BCUT2D eigenvalue weighted by Gasteiger charge is 2.14. The number of aryl methyl sites for hydroxylation is 1. The predicted molar refractivity (Wildman–Crippen MR) is 101 cm³/mol. The van der Waals surface area contributed by atoms with E-state index < -0.39 is 23.0 Å². The Hall–Kier alpha value is -2.87. The first-order chi connectivity index (χ1) is 12.9. The van der Waals surface area contributed by atoms with E-state index in [4.69, 9.17) is 4.74 Å². The molecular weight excluding hydrogens is 377 g/mol. The Balaban J connectivity index is 2.12. The Kier molecular flexibility index (Phi) is 5.46. The molecule has 1 N–H and O–H groups in total. The number of ether oxygens (including phenoxy) is 1. The summed E-state index contributed by atoms with van der Waals surface area (Å²) in [6, 6.07) is 9.03. The van der Waals surface area contributed by atoms with Crippen LogP contribution in [0.1, 0.15) is 0 Å². The normalized spacial score (nSPS) is 10.7. The Morgan fingerprint density at radius 1 is 1.00 bits per heavy atom. The SMILES string of the molecule is CSNc1ccc(Oc2ccc(F)cc2F)c(-c2cc(F)c(=O)n(C)c2)c1. The molecule has 0 amide bonds. The van der Waals surface area contributed by atoms with Crippen LogP contribution in [0.25, 0.3) is 11.1 Å². The third-order valence-electron chi connectivity index (χ3n) is 3.76. The smallest absolute Gasteiger partial charge is 0.286 e. The van der Waals surface area contributed by atoms with Crippen molar-refractivity contribution >= 4 is 17.6 Å². The minimum Gasteiger partial charge on any atom is -0.454 e. The number of benzene rings is 2. The van der Waals surface area contributed by atoms with Gasteiger partial charge in [-0.3, -0.25) is 4.79 Å². The van der Waals surface area contributed by atoms with Crippen molar-refractivity contribution < 1.29 is 17.9 Å². The molecule has 0 aliphatic rings. The number of halogens is 3. The van der Waals surface area contributed by atoms with Gasteiger partial charge < -0.3 is 14.0 Å². The molecule has 0 bridgehead atoms. The summed E-state index contributed by atoms with van der Waals surface area (Å²) in [7, 11) is 1.43. The fourth-order valence-corrected chi connectivity index (χ4v) is 2.88. The third kappa shape index (κ3) is 4.11. The maximum atomic E-state index is 14.0. The molecule has 0 aliphatic heterocycles. The lowest BCUT2D eigenvalue weighted by molar-refractivity contribution is 0.439. The molecule has 2 aromatic carbocycles. The average Bonchev–Trinajstić information content (AvgIpc) is 2.63. The lowest BCUT2D eigenvalue weighted by Gasteiger charge is -2.15. The van der Waals surface area contributed by atoms with E-state index in [-0.39, 0.29) is 11.5 Å². The van der Waals surface area contributed by atoms with E-state index in [9.17, 15) is 18.0 Å². The molecule has 0 radical (unpaired) electrons. The van der Waals surface area contributed by atoms with Crippen molar-refractivity contribution in [2.24, 2.45) is 7.05 Å². The molecule has 0 saturated heterocycles. The predicted octanol–water partition coefficient (Wildman–Crippen LogP) is 4.95. The standard InChI is InChI=1S/C19H15F3N2O2S/c1-24-10-11(7-16(22)19(24)25)14-9-13(23-27-2)4-6-17(14)26-18-5-3-12(20)8-15(18)21/h3-10,23H,1-2H3. The van der Waals surface area contributed by atoms with Crippen LogP contribution in [0.3, 0.4) is 0 Å². The third-order valence-corrected chi connectivity index (χ3v) is 4.20. The van der Waals surface area contributed by atoms with Gasteiger partial charge in [-0.25, -0.2) is 13.2 Å². The monoisotopic (exact) mass is 392 g/mol. The molecule has 0 saturated carbocycles. The number of rotatable bonds is 5. The zero-order chi connectivity index (χ0) is 19.6. The molecule has 4 nitrogen and oxygen atoms in total. The van der Waals surface area contributed by atoms with Gasteiger partial charge in [0.15, 0.2) is 17.4 Å². The summed E-state index contributed by atoms with van der Waals surface area (Å²) < 4.78 is 50.8. The van der Waals surface area contributed by atoms with Crippen LogP contribution in [-0.4, -0.2) is 10.8 Å². The highest BCUT2D eigenvalue weighted by molar-refractivity contribution is 7.99. The van der Waals surface area contributed by atoms with Crippen LogP contribution in [0.5, 0.6) is 11.5 Å². The van der Waals surface area contributed by atoms with Crippen molar-refractivity contribution in [3.05, 3.63) is 76.5 Å². The molecular formula is C19H15F3N2O2S. The van der Waals surface area contributed by atoms with Crippen molar-refractivity contribution in [1.82, 2.24) is 4.57 Å². The van der Waals surface area contributed by atoms with E-state index >= 15 is 0 Å². The summed E-state index contributed by atoms with van der Waals surface area (Å²) in [4.78, 5) is 11.6. The van der Waals surface area contributed by atoms with E-state index in [0.717, 1.165) is 16.7 Å². The molecule has 0 fully saturated rings. The van der Waals surface area contributed by atoms with Gasteiger partial charge in [-0.2, -0.15) is 0 Å². The fraction of sp³-hybridized carbons (Fsp3) is 0.105. The number of nitrogens with zero attached hydrogens (tertiary/aromatic N) is 1. The van der Waals surface area contributed by atoms with Gasteiger partial charge >= 0.3 is 0 Å². The maximum Gasteiger partial charge on any atom is 0.286 e.